The molecule has 7 rings (SSSR count). The minimum Gasteiger partial charge on any atom is -0.456 e. The summed E-state index contributed by atoms with van der Waals surface area (Å²) in [4.78, 5) is 72.8. The fourth-order valence-electron chi connectivity index (χ4n) is 11.3. The number of Topliss-reactive ketones (excluding diaryl/α,β-unsaturated/α-hetero) is 1. The molecule has 2 aliphatic heterocycles. The predicted octanol–water partition coefficient (Wildman–Crippen LogP) is 4.15. The molecule has 0 radical (unpaired) electrons. The summed E-state index contributed by atoms with van der Waals surface area (Å²) in [6.45, 7) is 13.7. The maximum Gasteiger partial charge on any atom is 0.379 e. The van der Waals surface area contributed by atoms with E-state index in [1.54, 1.807) is 95.6 Å². The highest BCUT2D eigenvalue weighted by atomic mass is 16.6. The summed E-state index contributed by atoms with van der Waals surface area (Å²) in [5, 5.41) is 24.9. The van der Waals surface area contributed by atoms with Crippen molar-refractivity contribution in [1.82, 2.24) is 4.81 Å². The number of rotatable bonds is 9. The van der Waals surface area contributed by atoms with Gasteiger partial charge in [0.25, 0.3) is 0 Å². The number of fused-ring (bicyclic) bond motifs is 5. The van der Waals surface area contributed by atoms with Gasteiger partial charge in [-0.3, -0.25) is 19.2 Å². The fourth-order valence-corrected chi connectivity index (χ4v) is 11.3. The van der Waals surface area contributed by atoms with E-state index in [0.717, 1.165) is 6.92 Å². The monoisotopic (exact) mass is 845 g/mol. The van der Waals surface area contributed by atoms with E-state index >= 15 is 4.79 Å². The molecule has 9 unspecified atom stereocenters. The number of hydrogen-bond acceptors (Lipinski definition) is 15. The first-order valence-corrected chi connectivity index (χ1v) is 20.7. The first-order chi connectivity index (χ1) is 28.6. The molecule has 11 atom stereocenters. The van der Waals surface area contributed by atoms with Crippen LogP contribution < -0.4 is 0 Å². The highest BCUT2D eigenvalue weighted by Gasteiger charge is 2.78. The molecule has 2 N–H and O–H groups in total. The number of ketones is 1. The normalized spacial score (nSPS) is 36.2. The molecule has 5 aliphatic rings. The Labute approximate surface area is 356 Å². The van der Waals surface area contributed by atoms with E-state index in [4.69, 9.17) is 33.2 Å². The van der Waals surface area contributed by atoms with Crippen LogP contribution in [-0.2, 0) is 52.3 Å². The lowest BCUT2D eigenvalue weighted by Crippen LogP contribution is -2.82. The van der Waals surface area contributed by atoms with Crippen LogP contribution in [0.4, 0.5) is 0 Å². The van der Waals surface area contributed by atoms with E-state index < -0.39 is 119 Å². The Morgan fingerprint density at radius 2 is 1.52 bits per heavy atom. The maximum absolute atomic E-state index is 15.8. The smallest absolute Gasteiger partial charge is 0.379 e. The van der Waals surface area contributed by atoms with Gasteiger partial charge in [-0.05, 0) is 63.4 Å². The van der Waals surface area contributed by atoms with Gasteiger partial charge in [0.1, 0.15) is 29.6 Å². The summed E-state index contributed by atoms with van der Waals surface area (Å²) in [6.07, 6.45) is -8.13. The van der Waals surface area contributed by atoms with Crippen LogP contribution in [0.15, 0.2) is 71.8 Å². The van der Waals surface area contributed by atoms with Crippen LogP contribution in [0.3, 0.4) is 0 Å². The van der Waals surface area contributed by atoms with Crippen LogP contribution in [0.5, 0.6) is 0 Å². The van der Waals surface area contributed by atoms with Crippen molar-refractivity contribution in [2.24, 2.45) is 16.7 Å². The van der Waals surface area contributed by atoms with Crippen LogP contribution in [-0.4, -0.2) is 119 Å². The Bertz CT molecular complexity index is 2110. The summed E-state index contributed by atoms with van der Waals surface area (Å²) in [6, 6.07) is 16.4. The molecule has 2 aromatic rings. The fraction of sp³-hybridized carbons (Fsp3) is 0.578. The third-order valence-corrected chi connectivity index (χ3v) is 14.1. The van der Waals surface area contributed by atoms with Crippen molar-refractivity contribution in [1.29, 1.82) is 0 Å². The maximum atomic E-state index is 15.8. The van der Waals surface area contributed by atoms with E-state index in [-0.39, 0.29) is 24.2 Å². The quantitative estimate of drug-likeness (QED) is 0.158. The second kappa shape index (κ2) is 15.7. The van der Waals surface area contributed by atoms with Crippen LogP contribution >= 0.6 is 0 Å². The van der Waals surface area contributed by atoms with Gasteiger partial charge in [-0.1, -0.05) is 62.4 Å². The summed E-state index contributed by atoms with van der Waals surface area (Å²) >= 11 is 0. The van der Waals surface area contributed by atoms with Crippen molar-refractivity contribution in [3.8, 4) is 0 Å². The molecule has 0 amide bonds. The number of carbonyl (C=O) groups is 5. The number of benzene rings is 2. The van der Waals surface area contributed by atoms with Crippen molar-refractivity contribution in [3.63, 3.8) is 0 Å². The number of esters is 4. The molecule has 3 aliphatic carbocycles. The lowest BCUT2D eigenvalue weighted by Gasteiger charge is -2.67. The minimum absolute atomic E-state index is 0.0680. The van der Waals surface area contributed by atoms with Gasteiger partial charge in [-0.2, -0.15) is 0 Å². The molecule has 0 spiro atoms. The highest BCUT2D eigenvalue weighted by Crippen LogP contribution is 2.65. The van der Waals surface area contributed by atoms with Crippen molar-refractivity contribution in [3.05, 3.63) is 82.9 Å². The number of hydrogen-bond donors (Lipinski definition) is 2. The van der Waals surface area contributed by atoms with Crippen molar-refractivity contribution in [2.45, 2.75) is 135 Å². The van der Waals surface area contributed by atoms with E-state index in [0.29, 0.717) is 11.1 Å². The van der Waals surface area contributed by atoms with Crippen LogP contribution in [0.2, 0.25) is 6.82 Å². The molecule has 2 heterocycles. The summed E-state index contributed by atoms with van der Waals surface area (Å²) in [7, 11) is 0.361. The number of aliphatic hydroxyl groups is 1. The molecule has 2 saturated heterocycles. The predicted molar refractivity (Wildman–Crippen MR) is 217 cm³/mol. The zero-order chi connectivity index (χ0) is 44.6. The van der Waals surface area contributed by atoms with Gasteiger partial charge >= 0.3 is 30.9 Å². The third-order valence-electron chi connectivity index (χ3n) is 14.1. The van der Waals surface area contributed by atoms with Crippen molar-refractivity contribution in [2.75, 3.05) is 13.7 Å². The van der Waals surface area contributed by atoms with Crippen LogP contribution in [0, 0.1) is 16.7 Å². The lowest BCUT2D eigenvalue weighted by atomic mass is 9.44. The molecule has 61 heavy (non-hydrogen) atoms. The largest absolute Gasteiger partial charge is 0.456 e. The van der Waals surface area contributed by atoms with Gasteiger partial charge in [0.15, 0.2) is 23.6 Å². The van der Waals surface area contributed by atoms with E-state index in [9.17, 15) is 29.3 Å². The first kappa shape index (κ1) is 44.6. The lowest BCUT2D eigenvalue weighted by molar-refractivity contribution is -0.347. The average molecular weight is 846 g/mol. The van der Waals surface area contributed by atoms with Crippen molar-refractivity contribution >= 4 is 36.7 Å². The van der Waals surface area contributed by atoms with Gasteiger partial charge < -0.3 is 43.3 Å². The summed E-state index contributed by atoms with van der Waals surface area (Å²) in [5.74, 6) is -5.23. The van der Waals surface area contributed by atoms with Gasteiger partial charge in [0, 0.05) is 39.2 Å². The average Bonchev–Trinajstić information content (AvgIpc) is 3.49. The summed E-state index contributed by atoms with van der Waals surface area (Å²) < 4.78 is 43.6. The molecule has 4 fully saturated rings. The van der Waals surface area contributed by atoms with Gasteiger partial charge in [-0.25, -0.2) is 9.59 Å². The van der Waals surface area contributed by atoms with E-state index in [1.165, 1.54) is 14.0 Å². The zero-order valence-electron chi connectivity index (χ0n) is 36.3. The van der Waals surface area contributed by atoms with Crippen molar-refractivity contribution < 1.29 is 67.3 Å². The molecule has 2 saturated carbocycles. The van der Waals surface area contributed by atoms with E-state index in [1.807, 2.05) is 18.2 Å². The van der Waals surface area contributed by atoms with Gasteiger partial charge in [0.2, 0.25) is 0 Å². The molecule has 2 aromatic carbocycles. The summed E-state index contributed by atoms with van der Waals surface area (Å²) in [5.41, 5.74) is -7.12. The first-order valence-electron chi connectivity index (χ1n) is 20.7. The Morgan fingerprint density at radius 1 is 0.902 bits per heavy atom. The van der Waals surface area contributed by atoms with E-state index in [2.05, 4.69) is 0 Å². The second-order valence-electron chi connectivity index (χ2n) is 18.3. The van der Waals surface area contributed by atoms with Crippen LogP contribution in [0.25, 0.3) is 0 Å². The molecular formula is C45H56BNO14. The number of carbonyl (C=O) groups excluding carboxylic acids is 5. The van der Waals surface area contributed by atoms with Gasteiger partial charge in [0.05, 0.1) is 35.6 Å². The number of ether oxygens (including phenoxy) is 7. The minimum atomic E-state index is -2.26. The molecule has 0 aromatic heterocycles. The third kappa shape index (κ3) is 6.94. The Morgan fingerprint density at radius 3 is 2.07 bits per heavy atom. The molecular weight excluding hydrogens is 789 g/mol. The molecule has 2 bridgehead atoms. The molecule has 328 valence electrons. The Balaban J connectivity index is 1.45. The Kier molecular flexibility index (Phi) is 11.5. The topological polar surface area (TPSA) is 194 Å². The van der Waals surface area contributed by atoms with Gasteiger partial charge in [-0.15, -0.1) is 0 Å². The number of methoxy groups -OCH3 is 1. The molecule has 16 heteroatoms. The Hall–Kier alpha value is -4.45. The second-order valence-corrected chi connectivity index (χ2v) is 18.3. The molecule has 15 nitrogen and oxygen atoms in total. The van der Waals surface area contributed by atoms with Crippen LogP contribution in [0.1, 0.15) is 90.2 Å². The SMILES string of the molecule is COC1CC2OC[C@@]2(OC(C)=O)C2C(OC(=O)c3ccccc3)C3(O)CC(OC(=O)C4OC(C)(C)N(B(C)O)C4c4ccccc4)C(C)=C(C(OC(C)=O)C(=O)[C@]12C)C3(C)C. The zero-order valence-corrected chi connectivity index (χ0v) is 36.3. The highest BCUT2D eigenvalue weighted by molar-refractivity contribution is 6.45. The standard InChI is InChI=1S/C45H56BNO14/c1-24-29(58-40(52)35-33(27-17-13-11-14-18-27)47(46(9)54)42(6,7)61-35)22-45(53)38(59-39(51)28-19-15-12-16-20-28)36-43(8,37(50)34(57-25(2)48)32(24)41(45,4)5)30(55-10)21-31-44(36,23-56-31)60-26(3)49/h11-20,29-31,33-36,38,53-54H,21-23H2,1-10H3/t29?,30?,31?,33?,34?,35?,36?,38?,43-,44+,45?/m1/s1. The number of nitrogens with zero attached hydrogens (tertiary/aromatic N) is 1.